The fourth-order valence-corrected chi connectivity index (χ4v) is 7.35. The number of amides is 2. The number of methoxy groups -OCH3 is 3. The molecule has 2 amide bonds. The second kappa shape index (κ2) is 15.9. The Kier molecular flexibility index (Phi) is 11.6. The van der Waals surface area contributed by atoms with Crippen LogP contribution in [0.2, 0.25) is 0 Å². The largest absolute Gasteiger partial charge is 0.493 e. The third-order valence-electron chi connectivity index (χ3n) is 8.83. The normalized spacial score (nSPS) is 15.1. The number of likely N-dealkylation sites (tertiary alicyclic amines) is 1. The number of halogens is 4. The Morgan fingerprint density at radius 1 is 0.982 bits per heavy atom. The lowest BCUT2D eigenvalue weighted by atomic mass is 10.0. The molecule has 4 aromatic rings. The van der Waals surface area contributed by atoms with Crippen molar-refractivity contribution in [1.82, 2.24) is 9.88 Å². The van der Waals surface area contributed by atoms with Crippen LogP contribution >= 0.6 is 0 Å². The third-order valence-corrected chi connectivity index (χ3v) is 11.1. The summed E-state index contributed by atoms with van der Waals surface area (Å²) in [5, 5.41) is 0.0654. The number of hydrogen-bond acceptors (Lipinski definition) is 12. The van der Waals surface area contributed by atoms with Crippen LogP contribution in [0.15, 0.2) is 65.7 Å². The van der Waals surface area contributed by atoms with Crippen LogP contribution < -0.4 is 25.0 Å². The van der Waals surface area contributed by atoms with Gasteiger partial charge in [0.25, 0.3) is 5.91 Å². The van der Waals surface area contributed by atoms with Crippen molar-refractivity contribution in [2.24, 2.45) is 0 Å². The second-order valence-electron chi connectivity index (χ2n) is 12.5. The van der Waals surface area contributed by atoms with Crippen LogP contribution in [0.25, 0.3) is 10.8 Å². The highest BCUT2D eigenvalue weighted by atomic mass is 32.2. The number of nitrogens with zero attached hydrogens (tertiary/aromatic N) is 3. The molecular formula is C36H36F4N4O10S. The van der Waals surface area contributed by atoms with Crippen LogP contribution in [-0.4, -0.2) is 75.6 Å². The summed E-state index contributed by atoms with van der Waals surface area (Å²) in [7, 11) is -0.751. The van der Waals surface area contributed by atoms with Crippen LogP contribution in [0, 0.1) is 5.82 Å². The van der Waals surface area contributed by atoms with E-state index in [1.807, 2.05) is 0 Å². The standard InChI is InChI=1S/C36H36F4N4O10S/c1-19(2)55(48,49)30-11-8-21(44(35(47)52-5)54-34(46)36(38,39)40)16-25(30)27-7-6-14-43(27)33(45)31(24-17-28(50-3)29(51-4)18-26(24)37)53-22-9-10-23-20(15-22)12-13-42-32(23)41/h8-13,15-19,27,31H,6-7,14H2,1-5H3,(H2,41,42)/t27-,31-/m1/s1. The summed E-state index contributed by atoms with van der Waals surface area (Å²) in [4.78, 5) is 48.5. The number of carbonyl (C=O) groups excluding carboxylic acids is 3. The fraction of sp³-hybridized carbons (Fsp3) is 0.333. The molecular weight excluding hydrogens is 756 g/mol. The van der Waals surface area contributed by atoms with Crippen molar-refractivity contribution < 1.29 is 64.1 Å². The zero-order valence-electron chi connectivity index (χ0n) is 30.0. The molecule has 1 saturated heterocycles. The van der Waals surface area contributed by atoms with Gasteiger partial charge in [-0.3, -0.25) is 4.79 Å². The maximum atomic E-state index is 16.0. The maximum absolute atomic E-state index is 16.0. The van der Waals surface area contributed by atoms with Crippen molar-refractivity contribution in [2.45, 2.75) is 55.2 Å². The van der Waals surface area contributed by atoms with E-state index in [-0.39, 0.29) is 63.5 Å². The number of nitrogens with two attached hydrogens (primary N) is 1. The third kappa shape index (κ3) is 8.15. The first-order valence-electron chi connectivity index (χ1n) is 16.5. The van der Waals surface area contributed by atoms with Gasteiger partial charge in [-0.05, 0) is 86.2 Å². The Morgan fingerprint density at radius 2 is 1.67 bits per heavy atom. The summed E-state index contributed by atoms with van der Waals surface area (Å²) < 4.78 is 104. The molecule has 2 atom stereocenters. The van der Waals surface area contributed by atoms with E-state index in [4.69, 9.17) is 19.9 Å². The van der Waals surface area contributed by atoms with Crippen LogP contribution in [0.3, 0.4) is 0 Å². The minimum absolute atomic E-state index is 0.00659. The summed E-state index contributed by atoms with van der Waals surface area (Å²) in [5.74, 6) is -4.08. The highest BCUT2D eigenvalue weighted by Gasteiger charge is 2.45. The molecule has 14 nitrogen and oxygen atoms in total. The molecule has 0 radical (unpaired) electrons. The minimum atomic E-state index is -5.52. The Morgan fingerprint density at radius 3 is 2.31 bits per heavy atom. The topological polar surface area (TPSA) is 177 Å². The number of carbonyl (C=O) groups is 3. The van der Waals surface area contributed by atoms with E-state index in [2.05, 4.69) is 14.6 Å². The molecule has 2 N–H and O–H groups in total. The maximum Gasteiger partial charge on any atom is 0.493 e. The Balaban J connectivity index is 1.66. The number of rotatable bonds is 10. The van der Waals surface area contributed by atoms with E-state index >= 15 is 4.39 Å². The number of alkyl halides is 3. The highest BCUT2D eigenvalue weighted by molar-refractivity contribution is 7.92. The van der Waals surface area contributed by atoms with Gasteiger partial charge in [-0.15, -0.1) is 5.06 Å². The predicted octanol–water partition coefficient (Wildman–Crippen LogP) is 6.23. The summed E-state index contributed by atoms with van der Waals surface area (Å²) in [6.07, 6.45) is -6.94. The van der Waals surface area contributed by atoms with Gasteiger partial charge in [0.2, 0.25) is 6.10 Å². The van der Waals surface area contributed by atoms with Crippen LogP contribution in [0.5, 0.6) is 17.2 Å². The number of aromatic nitrogens is 1. The van der Waals surface area contributed by atoms with E-state index in [0.717, 1.165) is 31.4 Å². The lowest BCUT2D eigenvalue weighted by Gasteiger charge is -2.31. The molecule has 19 heteroatoms. The van der Waals surface area contributed by atoms with E-state index in [1.165, 1.54) is 51.3 Å². The smallest absolute Gasteiger partial charge is 0.493 e. The van der Waals surface area contributed by atoms with Gasteiger partial charge in [-0.2, -0.15) is 13.2 Å². The lowest BCUT2D eigenvalue weighted by molar-refractivity contribution is -0.200. The van der Waals surface area contributed by atoms with Crippen LogP contribution in [-0.2, 0) is 29.0 Å². The first-order chi connectivity index (χ1) is 25.9. The molecule has 0 unspecified atom stereocenters. The average molecular weight is 793 g/mol. The van der Waals surface area contributed by atoms with Gasteiger partial charge in [0.1, 0.15) is 17.4 Å². The molecule has 294 valence electrons. The van der Waals surface area contributed by atoms with Crippen molar-refractivity contribution in [1.29, 1.82) is 0 Å². The zero-order chi connectivity index (χ0) is 40.4. The minimum Gasteiger partial charge on any atom is -0.493 e. The van der Waals surface area contributed by atoms with Gasteiger partial charge in [-0.25, -0.2) is 27.4 Å². The predicted molar refractivity (Wildman–Crippen MR) is 189 cm³/mol. The number of benzene rings is 3. The number of sulfone groups is 1. The Labute approximate surface area is 312 Å². The summed E-state index contributed by atoms with van der Waals surface area (Å²) in [6.45, 7) is 2.79. The monoisotopic (exact) mass is 792 g/mol. The quantitative estimate of drug-likeness (QED) is 0.142. The number of ether oxygens (including phenoxy) is 4. The lowest BCUT2D eigenvalue weighted by Crippen LogP contribution is -2.39. The van der Waals surface area contributed by atoms with E-state index in [0.29, 0.717) is 10.8 Å². The summed E-state index contributed by atoms with van der Waals surface area (Å²) >= 11 is 0. The second-order valence-corrected chi connectivity index (χ2v) is 14.9. The number of hydrogen-bond donors (Lipinski definition) is 1. The Bertz CT molecular complexity index is 2240. The van der Waals surface area contributed by atoms with Gasteiger partial charge in [0, 0.05) is 29.8 Å². The number of hydroxylamine groups is 1. The van der Waals surface area contributed by atoms with Crippen molar-refractivity contribution in [3.8, 4) is 17.2 Å². The van der Waals surface area contributed by atoms with Gasteiger partial charge in [-0.1, -0.05) is 0 Å². The van der Waals surface area contributed by atoms with Crippen LogP contribution in [0.1, 0.15) is 50.0 Å². The highest BCUT2D eigenvalue weighted by Crippen LogP contribution is 2.42. The number of fused-ring (bicyclic) bond motifs is 1. The van der Waals surface area contributed by atoms with E-state index < -0.39 is 62.9 Å². The molecule has 55 heavy (non-hydrogen) atoms. The molecule has 1 aromatic heterocycles. The van der Waals surface area contributed by atoms with Crippen molar-refractivity contribution >= 4 is 50.1 Å². The molecule has 1 fully saturated rings. The fourth-order valence-electron chi connectivity index (χ4n) is 6.06. The summed E-state index contributed by atoms with van der Waals surface area (Å²) in [6, 6.07) is 10.4. The number of pyridine rings is 1. The van der Waals surface area contributed by atoms with Crippen molar-refractivity contribution in [3.63, 3.8) is 0 Å². The van der Waals surface area contributed by atoms with Gasteiger partial charge in [0.15, 0.2) is 21.3 Å². The van der Waals surface area contributed by atoms with Crippen LogP contribution in [0.4, 0.5) is 33.9 Å². The first-order valence-corrected chi connectivity index (χ1v) is 18.0. The van der Waals surface area contributed by atoms with Crippen molar-refractivity contribution in [3.05, 3.63) is 77.7 Å². The summed E-state index contributed by atoms with van der Waals surface area (Å²) in [5.41, 5.74) is 5.07. The molecule has 2 heterocycles. The van der Waals surface area contributed by atoms with Gasteiger partial charge < -0.3 is 34.4 Å². The molecule has 0 saturated carbocycles. The molecule has 1 aliphatic heterocycles. The van der Waals surface area contributed by atoms with Gasteiger partial charge in [0.05, 0.1) is 43.2 Å². The molecule has 3 aromatic carbocycles. The zero-order valence-corrected chi connectivity index (χ0v) is 30.9. The van der Waals surface area contributed by atoms with Crippen molar-refractivity contribution in [2.75, 3.05) is 38.7 Å². The molecule has 0 aliphatic carbocycles. The van der Waals surface area contributed by atoms with E-state index in [9.17, 15) is 36.0 Å². The average Bonchev–Trinajstić information content (AvgIpc) is 3.65. The molecule has 0 spiro atoms. The SMILES string of the molecule is COC(=O)N(OC(=O)C(F)(F)F)c1ccc(S(=O)(=O)C(C)C)c([C@H]2CCCN2C(=O)[C@H](Oc2ccc3c(N)nccc3c2)c2cc(OC)c(OC)cc2F)c1. The first kappa shape index (κ1) is 40.3. The van der Waals surface area contributed by atoms with Gasteiger partial charge >= 0.3 is 18.2 Å². The number of anilines is 2. The van der Waals surface area contributed by atoms with E-state index in [1.54, 1.807) is 18.2 Å². The molecule has 5 rings (SSSR count). The molecule has 1 aliphatic rings. The Hall–Kier alpha value is -5.85. The molecule has 0 bridgehead atoms. The number of nitrogen functional groups attached to an aromatic ring is 1.